The maximum atomic E-state index is 9.87. The molecular weight excluding hydrogens is 240 g/mol. The Labute approximate surface area is 118 Å². The third-order valence-corrected chi connectivity index (χ3v) is 1.88. The first-order valence-corrected chi connectivity index (χ1v) is 6.56. The van der Waals surface area contributed by atoms with Crippen LogP contribution in [0.4, 0.5) is 0 Å². The van der Waals surface area contributed by atoms with Crippen molar-refractivity contribution in [2.75, 3.05) is 6.61 Å². The zero-order chi connectivity index (χ0) is 15.7. The first-order chi connectivity index (χ1) is 8.81. The molecule has 0 saturated carbocycles. The van der Waals surface area contributed by atoms with Gasteiger partial charge in [-0.25, -0.2) is 0 Å². The van der Waals surface area contributed by atoms with Gasteiger partial charge in [0.05, 0.1) is 0 Å². The molecule has 0 aliphatic carbocycles. The number of hydrogen-bond donors (Lipinski definition) is 2. The fourth-order valence-electron chi connectivity index (χ4n) is 0.717. The molecule has 0 rings (SSSR count). The minimum Gasteiger partial charge on any atom is -0.481 e. The average Bonchev–Trinajstić information content (AvgIpc) is 2.30. The molecule has 0 bridgehead atoms. The second-order valence-corrected chi connectivity index (χ2v) is 4.33. The number of aliphatic carboxylic acids is 1. The summed E-state index contributed by atoms with van der Waals surface area (Å²) >= 11 is 0. The van der Waals surface area contributed by atoms with Crippen molar-refractivity contribution < 1.29 is 15.0 Å². The molecule has 0 aliphatic rings. The Morgan fingerprint density at radius 3 is 1.79 bits per heavy atom. The van der Waals surface area contributed by atoms with Crippen molar-refractivity contribution in [3.63, 3.8) is 0 Å². The first-order valence-electron chi connectivity index (χ1n) is 6.56. The molecule has 0 fully saturated rings. The van der Waals surface area contributed by atoms with Crippen LogP contribution in [0.15, 0.2) is 37.0 Å². The fourth-order valence-corrected chi connectivity index (χ4v) is 0.717. The number of carboxylic acids is 1. The standard InChI is InChI=1S/C6H12O2.C5H10O.C5H8/c1-2-3-4-5-6(7)8;1-5(2)3-4-6;1-4-5(2)3/h2-5H2,1H3,(H,7,8);6H,1,3-4H2,2H3;4H,1-2H2,3H3. The molecule has 0 aliphatic heterocycles. The molecule has 0 radical (unpaired) electrons. The average molecular weight is 270 g/mol. The fraction of sp³-hybridized carbons (Fsp3) is 0.562. The van der Waals surface area contributed by atoms with Crippen LogP contribution in [0.5, 0.6) is 0 Å². The summed E-state index contributed by atoms with van der Waals surface area (Å²) < 4.78 is 0. The third-order valence-electron chi connectivity index (χ3n) is 1.88. The van der Waals surface area contributed by atoms with Crippen molar-refractivity contribution in [2.45, 2.75) is 52.9 Å². The van der Waals surface area contributed by atoms with Crippen molar-refractivity contribution in [1.82, 2.24) is 0 Å². The third kappa shape index (κ3) is 47.8. The molecule has 0 heterocycles. The molecule has 0 saturated heterocycles. The molecule has 0 aromatic carbocycles. The van der Waals surface area contributed by atoms with Crippen molar-refractivity contribution in [1.29, 1.82) is 0 Å². The lowest BCUT2D eigenvalue weighted by molar-refractivity contribution is -0.137. The van der Waals surface area contributed by atoms with Gasteiger partial charge in [-0.15, -0.1) is 6.58 Å². The van der Waals surface area contributed by atoms with Gasteiger partial charge in [0.15, 0.2) is 0 Å². The number of unbranched alkanes of at least 4 members (excludes halogenated alkanes) is 2. The molecule has 3 heteroatoms. The normalized spacial score (nSPS) is 8.21. The minimum atomic E-state index is -0.682. The summed E-state index contributed by atoms with van der Waals surface area (Å²) in [6.07, 6.45) is 5.74. The second kappa shape index (κ2) is 19.0. The first kappa shape index (κ1) is 22.8. The van der Waals surface area contributed by atoms with Crippen LogP contribution in [0.1, 0.15) is 52.9 Å². The Morgan fingerprint density at radius 2 is 1.63 bits per heavy atom. The number of aliphatic hydroxyl groups is 1. The highest BCUT2D eigenvalue weighted by Crippen LogP contribution is 1.97. The summed E-state index contributed by atoms with van der Waals surface area (Å²) in [5.74, 6) is -0.682. The van der Waals surface area contributed by atoms with Gasteiger partial charge >= 0.3 is 5.97 Å². The van der Waals surface area contributed by atoms with Gasteiger partial charge in [0.1, 0.15) is 0 Å². The van der Waals surface area contributed by atoms with Crippen LogP contribution in [0, 0.1) is 0 Å². The van der Waals surface area contributed by atoms with E-state index < -0.39 is 5.97 Å². The molecule has 19 heavy (non-hydrogen) atoms. The zero-order valence-electron chi connectivity index (χ0n) is 12.7. The molecule has 0 aromatic rings. The quantitative estimate of drug-likeness (QED) is 0.411. The zero-order valence-corrected chi connectivity index (χ0v) is 12.7. The van der Waals surface area contributed by atoms with E-state index in [1.165, 1.54) is 0 Å². The van der Waals surface area contributed by atoms with E-state index in [0.29, 0.717) is 6.42 Å². The summed E-state index contributed by atoms with van der Waals surface area (Å²) in [6, 6.07) is 0. The Morgan fingerprint density at radius 1 is 1.16 bits per heavy atom. The summed E-state index contributed by atoms with van der Waals surface area (Å²) in [4.78, 5) is 9.87. The number of carbonyl (C=O) groups is 1. The van der Waals surface area contributed by atoms with Gasteiger partial charge in [-0.2, -0.15) is 0 Å². The van der Waals surface area contributed by atoms with E-state index in [1.54, 1.807) is 6.08 Å². The van der Waals surface area contributed by atoms with Gasteiger partial charge < -0.3 is 10.2 Å². The monoisotopic (exact) mass is 270 g/mol. The highest BCUT2D eigenvalue weighted by atomic mass is 16.4. The molecule has 0 spiro atoms. The predicted octanol–water partition coefficient (Wildman–Crippen LogP) is 4.34. The maximum Gasteiger partial charge on any atom is 0.303 e. The molecule has 3 nitrogen and oxygen atoms in total. The van der Waals surface area contributed by atoms with Crippen molar-refractivity contribution >= 4 is 5.97 Å². The molecule has 0 aromatic heterocycles. The molecule has 112 valence electrons. The van der Waals surface area contributed by atoms with Crippen LogP contribution < -0.4 is 0 Å². The van der Waals surface area contributed by atoms with Crippen molar-refractivity contribution in [2.24, 2.45) is 0 Å². The van der Waals surface area contributed by atoms with Crippen LogP contribution in [0.25, 0.3) is 0 Å². The second-order valence-electron chi connectivity index (χ2n) is 4.33. The van der Waals surface area contributed by atoms with Crippen LogP contribution in [-0.2, 0) is 4.79 Å². The number of allylic oxidation sites excluding steroid dienone is 2. The largest absolute Gasteiger partial charge is 0.481 e. The Kier molecular flexibility index (Phi) is 22.8. The summed E-state index contributed by atoms with van der Waals surface area (Å²) in [5.41, 5.74) is 2.06. The molecule has 2 N–H and O–H groups in total. The van der Waals surface area contributed by atoms with E-state index in [-0.39, 0.29) is 6.61 Å². The summed E-state index contributed by atoms with van der Waals surface area (Å²) in [7, 11) is 0. The Balaban J connectivity index is -0.000000209. The maximum absolute atomic E-state index is 9.87. The van der Waals surface area contributed by atoms with E-state index in [4.69, 9.17) is 10.2 Å². The van der Waals surface area contributed by atoms with Gasteiger partial charge in [-0.3, -0.25) is 4.79 Å². The number of rotatable bonds is 7. The summed E-state index contributed by atoms with van der Waals surface area (Å²) in [6.45, 7) is 16.7. The van der Waals surface area contributed by atoms with E-state index in [0.717, 1.165) is 36.8 Å². The lowest BCUT2D eigenvalue weighted by atomic mass is 10.2. The van der Waals surface area contributed by atoms with Crippen molar-refractivity contribution in [3.8, 4) is 0 Å². The Hall–Kier alpha value is -1.35. The van der Waals surface area contributed by atoms with E-state index in [1.807, 2.05) is 13.8 Å². The molecule has 0 atom stereocenters. The van der Waals surface area contributed by atoms with Gasteiger partial charge in [-0.1, -0.05) is 50.1 Å². The Bertz CT molecular complexity index is 255. The SMILES string of the molecule is C=C(C)CCO.C=CC(=C)C.CCCCCC(=O)O. The highest BCUT2D eigenvalue weighted by Gasteiger charge is 1.92. The number of aliphatic hydroxyl groups excluding tert-OH is 1. The number of carboxylic acid groups (broad SMARTS) is 1. The minimum absolute atomic E-state index is 0.231. The number of hydrogen-bond acceptors (Lipinski definition) is 2. The summed E-state index contributed by atoms with van der Waals surface area (Å²) in [5, 5.41) is 16.3. The van der Waals surface area contributed by atoms with Gasteiger partial charge in [0, 0.05) is 13.0 Å². The van der Waals surface area contributed by atoms with Crippen LogP contribution >= 0.6 is 0 Å². The van der Waals surface area contributed by atoms with E-state index >= 15 is 0 Å². The van der Waals surface area contributed by atoms with Crippen LogP contribution in [-0.4, -0.2) is 22.8 Å². The van der Waals surface area contributed by atoms with Crippen LogP contribution in [0.3, 0.4) is 0 Å². The van der Waals surface area contributed by atoms with Gasteiger partial charge in [-0.05, 0) is 26.7 Å². The van der Waals surface area contributed by atoms with E-state index in [2.05, 4.69) is 26.7 Å². The van der Waals surface area contributed by atoms with Crippen molar-refractivity contribution in [3.05, 3.63) is 37.0 Å². The lowest BCUT2D eigenvalue weighted by Gasteiger charge is -1.89. The topological polar surface area (TPSA) is 57.5 Å². The molecule has 0 amide bonds. The van der Waals surface area contributed by atoms with Crippen LogP contribution in [0.2, 0.25) is 0 Å². The van der Waals surface area contributed by atoms with Gasteiger partial charge in [0.2, 0.25) is 0 Å². The molecule has 0 unspecified atom stereocenters. The smallest absolute Gasteiger partial charge is 0.303 e. The lowest BCUT2D eigenvalue weighted by Crippen LogP contribution is -1.92. The predicted molar refractivity (Wildman–Crippen MR) is 83.3 cm³/mol. The van der Waals surface area contributed by atoms with E-state index in [9.17, 15) is 4.79 Å². The molecular formula is C16H30O3. The van der Waals surface area contributed by atoms with Gasteiger partial charge in [0.25, 0.3) is 0 Å². The highest BCUT2D eigenvalue weighted by molar-refractivity contribution is 5.66.